The fourth-order valence-corrected chi connectivity index (χ4v) is 4.36. The van der Waals surface area contributed by atoms with Crippen molar-refractivity contribution in [3.8, 4) is 0 Å². The molecule has 8 nitrogen and oxygen atoms in total. The highest BCUT2D eigenvalue weighted by Crippen LogP contribution is 2.43. The Kier molecular flexibility index (Phi) is 10.1. The van der Waals surface area contributed by atoms with E-state index in [1.807, 2.05) is 0 Å². The second-order valence-corrected chi connectivity index (χ2v) is 8.35. The van der Waals surface area contributed by atoms with E-state index in [1.165, 1.54) is 12.1 Å². The zero-order chi connectivity index (χ0) is 26.8. The molecule has 0 aromatic heterocycles. The van der Waals surface area contributed by atoms with E-state index in [9.17, 15) is 28.7 Å². The Morgan fingerprint density at radius 1 is 0.778 bits per heavy atom. The first-order chi connectivity index (χ1) is 17.1. The fourth-order valence-electron chi connectivity index (χ4n) is 4.36. The highest BCUT2D eigenvalue weighted by atomic mass is 19.1. The fraction of sp³-hybridized carbons (Fsp3) is 0.407. The summed E-state index contributed by atoms with van der Waals surface area (Å²) in [5.41, 5.74) is -3.03. The molecule has 2 aromatic rings. The summed E-state index contributed by atoms with van der Waals surface area (Å²) in [6.45, 7) is 3.05. The third kappa shape index (κ3) is 6.27. The largest absolute Gasteiger partial charge is 0.481 e. The second-order valence-electron chi connectivity index (χ2n) is 8.35. The minimum atomic E-state index is -1.92. The van der Waals surface area contributed by atoms with Crippen LogP contribution in [0.3, 0.4) is 0 Å². The lowest BCUT2D eigenvalue weighted by Gasteiger charge is -2.35. The Morgan fingerprint density at radius 3 is 1.78 bits per heavy atom. The van der Waals surface area contributed by atoms with E-state index in [0.29, 0.717) is 5.56 Å². The predicted octanol–water partition coefficient (Wildman–Crippen LogP) is 4.34. The number of hydrogen-bond donors (Lipinski definition) is 2. The smallest absolute Gasteiger partial charge is 0.323 e. The number of rotatable bonds is 14. The van der Waals surface area contributed by atoms with E-state index in [2.05, 4.69) is 0 Å². The number of carbonyl (C=O) groups is 4. The number of carboxylic acids is 2. The van der Waals surface area contributed by atoms with Gasteiger partial charge in [0.2, 0.25) is 0 Å². The Hall–Kier alpha value is -3.75. The number of halogens is 1. The van der Waals surface area contributed by atoms with E-state index in [-0.39, 0.29) is 50.9 Å². The average Bonchev–Trinajstić information content (AvgIpc) is 2.84. The maximum atomic E-state index is 13.7. The zero-order valence-electron chi connectivity index (χ0n) is 20.4. The van der Waals surface area contributed by atoms with Crippen LogP contribution in [0.25, 0.3) is 0 Å². The summed E-state index contributed by atoms with van der Waals surface area (Å²) >= 11 is 0. The molecular formula is C27H31FO8. The van der Waals surface area contributed by atoms with Gasteiger partial charge in [0, 0.05) is 6.42 Å². The normalized spacial score (nSPS) is 12.9. The van der Waals surface area contributed by atoms with Crippen molar-refractivity contribution in [2.24, 2.45) is 5.41 Å². The molecule has 194 valence electrons. The van der Waals surface area contributed by atoms with E-state index in [1.54, 1.807) is 44.2 Å². The Bertz CT molecular complexity index is 1030. The summed E-state index contributed by atoms with van der Waals surface area (Å²) in [5.74, 6) is -4.72. The monoisotopic (exact) mass is 502 g/mol. The van der Waals surface area contributed by atoms with E-state index >= 15 is 0 Å². The number of esters is 2. The Labute approximate surface area is 209 Å². The van der Waals surface area contributed by atoms with Crippen LogP contribution in [0.4, 0.5) is 4.39 Å². The number of benzene rings is 2. The third-order valence-corrected chi connectivity index (χ3v) is 6.22. The van der Waals surface area contributed by atoms with Crippen LogP contribution in [0.2, 0.25) is 0 Å². The van der Waals surface area contributed by atoms with Crippen molar-refractivity contribution in [1.29, 1.82) is 0 Å². The molecule has 0 aliphatic heterocycles. The van der Waals surface area contributed by atoms with Crippen molar-refractivity contribution >= 4 is 23.9 Å². The van der Waals surface area contributed by atoms with Gasteiger partial charge in [0.25, 0.3) is 0 Å². The van der Waals surface area contributed by atoms with Crippen LogP contribution in [-0.2, 0) is 34.1 Å². The summed E-state index contributed by atoms with van der Waals surface area (Å²) in [6, 6.07) is 13.3. The quantitative estimate of drug-likeness (QED) is 0.288. The number of hydrogen-bond acceptors (Lipinski definition) is 6. The lowest BCUT2D eigenvalue weighted by molar-refractivity contribution is -0.174. The molecule has 0 amide bonds. The Morgan fingerprint density at radius 2 is 1.31 bits per heavy atom. The predicted molar refractivity (Wildman–Crippen MR) is 128 cm³/mol. The van der Waals surface area contributed by atoms with Gasteiger partial charge < -0.3 is 19.7 Å². The van der Waals surface area contributed by atoms with Crippen LogP contribution < -0.4 is 0 Å². The van der Waals surface area contributed by atoms with Crippen LogP contribution in [0, 0.1) is 11.2 Å². The minimum Gasteiger partial charge on any atom is -0.481 e. The third-order valence-electron chi connectivity index (χ3n) is 6.22. The van der Waals surface area contributed by atoms with E-state index < -0.39 is 40.5 Å². The lowest BCUT2D eigenvalue weighted by Crippen LogP contribution is -2.45. The van der Waals surface area contributed by atoms with Gasteiger partial charge >= 0.3 is 23.9 Å². The van der Waals surface area contributed by atoms with Crippen molar-refractivity contribution < 1.29 is 43.3 Å². The topological polar surface area (TPSA) is 127 Å². The van der Waals surface area contributed by atoms with E-state index in [4.69, 9.17) is 14.6 Å². The van der Waals surface area contributed by atoms with Gasteiger partial charge in [0.1, 0.15) is 11.2 Å². The van der Waals surface area contributed by atoms with Crippen LogP contribution in [0.1, 0.15) is 57.1 Å². The van der Waals surface area contributed by atoms with Crippen molar-refractivity contribution in [3.63, 3.8) is 0 Å². The summed E-state index contributed by atoms with van der Waals surface area (Å²) in [4.78, 5) is 50.4. The SMILES string of the molecule is CCOC(=O)C(CCCC(=O)O)(CCC(C(=O)O)(c1ccccc1)c1ccc(F)cc1)C(=O)OCC. The molecule has 0 bridgehead atoms. The molecule has 36 heavy (non-hydrogen) atoms. The molecule has 0 saturated carbocycles. The number of carbonyl (C=O) groups excluding carboxylic acids is 2. The molecule has 2 aromatic carbocycles. The van der Waals surface area contributed by atoms with E-state index in [0.717, 1.165) is 12.1 Å². The molecule has 0 fully saturated rings. The summed E-state index contributed by atoms with van der Waals surface area (Å²) in [7, 11) is 0. The summed E-state index contributed by atoms with van der Waals surface area (Å²) < 4.78 is 24.1. The highest BCUT2D eigenvalue weighted by molar-refractivity contribution is 6.00. The van der Waals surface area contributed by atoms with Gasteiger partial charge in [-0.15, -0.1) is 0 Å². The van der Waals surface area contributed by atoms with Crippen molar-refractivity contribution in [2.45, 2.75) is 51.4 Å². The van der Waals surface area contributed by atoms with Crippen LogP contribution in [-0.4, -0.2) is 47.3 Å². The standard InChI is InChI=1S/C27H31FO8/c1-3-35-24(33)26(25(34)36-4-2,16-8-11-22(29)30)17-18-27(23(31)32,19-9-6-5-7-10-19)20-12-14-21(28)15-13-20/h5-7,9-10,12-15H,3-4,8,11,16-18H2,1-2H3,(H,29,30)(H,31,32). The molecule has 0 spiro atoms. The molecular weight excluding hydrogens is 471 g/mol. The summed E-state index contributed by atoms with van der Waals surface area (Å²) in [5, 5.41) is 19.6. The van der Waals surface area contributed by atoms with Gasteiger partial charge in [-0.2, -0.15) is 0 Å². The first-order valence-electron chi connectivity index (χ1n) is 11.7. The second kappa shape index (κ2) is 12.8. The molecule has 0 radical (unpaired) electrons. The maximum Gasteiger partial charge on any atom is 0.323 e. The van der Waals surface area contributed by atoms with Crippen LogP contribution >= 0.6 is 0 Å². The van der Waals surface area contributed by atoms with Gasteiger partial charge in [0.15, 0.2) is 5.41 Å². The number of ether oxygens (including phenoxy) is 2. The van der Waals surface area contributed by atoms with Crippen LogP contribution in [0.15, 0.2) is 54.6 Å². The molecule has 0 aliphatic carbocycles. The highest BCUT2D eigenvalue weighted by Gasteiger charge is 2.52. The van der Waals surface area contributed by atoms with Crippen molar-refractivity contribution in [2.75, 3.05) is 13.2 Å². The number of carboxylic acid groups (broad SMARTS) is 2. The summed E-state index contributed by atoms with van der Waals surface area (Å²) in [6.07, 6.45) is -1.09. The zero-order valence-corrected chi connectivity index (χ0v) is 20.4. The van der Waals surface area contributed by atoms with Gasteiger partial charge in [-0.1, -0.05) is 42.5 Å². The first-order valence-corrected chi connectivity index (χ1v) is 11.7. The van der Waals surface area contributed by atoms with Gasteiger partial charge in [-0.05, 0) is 62.8 Å². The Balaban J connectivity index is 2.66. The molecule has 1 unspecified atom stereocenters. The molecule has 1 atom stereocenters. The van der Waals surface area contributed by atoms with Gasteiger partial charge in [-0.3, -0.25) is 19.2 Å². The lowest BCUT2D eigenvalue weighted by atomic mass is 9.67. The average molecular weight is 503 g/mol. The molecule has 0 saturated heterocycles. The molecule has 2 N–H and O–H groups in total. The van der Waals surface area contributed by atoms with Crippen molar-refractivity contribution in [3.05, 3.63) is 71.5 Å². The molecule has 0 heterocycles. The first kappa shape index (κ1) is 28.5. The molecule has 0 aliphatic rings. The maximum absolute atomic E-state index is 13.7. The van der Waals surface area contributed by atoms with Crippen molar-refractivity contribution in [1.82, 2.24) is 0 Å². The van der Waals surface area contributed by atoms with Gasteiger partial charge in [-0.25, -0.2) is 4.39 Å². The molecule has 9 heteroatoms. The molecule has 2 rings (SSSR count). The minimum absolute atomic E-state index is 0.0328. The van der Waals surface area contributed by atoms with Gasteiger partial charge in [0.05, 0.1) is 13.2 Å². The number of aliphatic carboxylic acids is 2. The van der Waals surface area contributed by atoms with Crippen LogP contribution in [0.5, 0.6) is 0 Å².